The second-order valence-corrected chi connectivity index (χ2v) is 7.80. The van der Waals surface area contributed by atoms with Crippen LogP contribution in [0.5, 0.6) is 0 Å². The van der Waals surface area contributed by atoms with Crippen molar-refractivity contribution in [3.8, 4) is 0 Å². The number of unbranched alkanes of at least 4 members (excludes halogenated alkanes) is 1. The fourth-order valence-corrected chi connectivity index (χ4v) is 2.98. The second-order valence-electron chi connectivity index (χ2n) is 7.40. The van der Waals surface area contributed by atoms with E-state index in [2.05, 4.69) is 29.4 Å². The number of carboxylic acid groups (broad SMARTS) is 1. The van der Waals surface area contributed by atoms with Crippen LogP contribution < -0.4 is 22.1 Å². The number of halogens is 1. The Morgan fingerprint density at radius 2 is 1.76 bits per heavy atom. The first kappa shape index (κ1) is 30.6. The van der Waals surface area contributed by atoms with Crippen molar-refractivity contribution in [1.29, 1.82) is 0 Å². The lowest BCUT2D eigenvalue weighted by Gasteiger charge is -2.18. The zero-order valence-corrected chi connectivity index (χ0v) is 20.5. The third-order valence-corrected chi connectivity index (χ3v) is 5.21. The molecule has 0 saturated heterocycles. The van der Waals surface area contributed by atoms with Gasteiger partial charge >= 0.3 is 5.97 Å². The Kier molecular flexibility index (Phi) is 15.9. The van der Waals surface area contributed by atoms with Gasteiger partial charge in [0.15, 0.2) is 0 Å². The van der Waals surface area contributed by atoms with Crippen LogP contribution in [0.2, 0.25) is 5.02 Å². The summed E-state index contributed by atoms with van der Waals surface area (Å²) in [6, 6.07) is 2.24. The van der Waals surface area contributed by atoms with Gasteiger partial charge in [-0.05, 0) is 50.0 Å². The van der Waals surface area contributed by atoms with Gasteiger partial charge < -0.3 is 37.2 Å². The maximum Gasteiger partial charge on any atom is 0.320 e. The monoisotopic (exact) mass is 487 g/mol. The van der Waals surface area contributed by atoms with Crippen molar-refractivity contribution in [2.75, 3.05) is 38.5 Å². The highest BCUT2D eigenvalue weighted by molar-refractivity contribution is 6.33. The molecule has 1 aromatic rings. The van der Waals surface area contributed by atoms with E-state index in [0.717, 1.165) is 26.1 Å². The quantitative estimate of drug-likeness (QED) is 0.178. The van der Waals surface area contributed by atoms with Crippen molar-refractivity contribution in [3.63, 3.8) is 0 Å². The lowest BCUT2D eigenvalue weighted by molar-refractivity contribution is -0.138. The summed E-state index contributed by atoms with van der Waals surface area (Å²) >= 11 is 5.92. The predicted octanol–water partition coefficient (Wildman–Crippen LogP) is 1.19. The van der Waals surface area contributed by atoms with Gasteiger partial charge in [-0.2, -0.15) is 0 Å². The highest BCUT2D eigenvalue weighted by Gasteiger charge is 2.14. The molecule has 11 heteroatoms. The second kappa shape index (κ2) is 17.1. The number of hydrogen-bond acceptors (Lipinski definition) is 7. The average Bonchev–Trinajstić information content (AvgIpc) is 2.77. The number of nitrogens with zero attached hydrogens (tertiary/aromatic N) is 1. The third kappa shape index (κ3) is 13.0. The van der Waals surface area contributed by atoms with Crippen molar-refractivity contribution < 1.29 is 24.6 Å². The number of aliphatic carboxylic acids is 1. The summed E-state index contributed by atoms with van der Waals surface area (Å²) < 4.78 is 0. The summed E-state index contributed by atoms with van der Waals surface area (Å²) in [6.45, 7) is 9.17. The van der Waals surface area contributed by atoms with E-state index < -0.39 is 12.0 Å². The summed E-state index contributed by atoms with van der Waals surface area (Å²) in [5, 5.41) is 23.5. The highest BCUT2D eigenvalue weighted by Crippen LogP contribution is 2.23. The van der Waals surface area contributed by atoms with Crippen molar-refractivity contribution in [1.82, 2.24) is 15.5 Å². The number of anilines is 1. The van der Waals surface area contributed by atoms with Crippen LogP contribution in [0.4, 0.5) is 5.69 Å². The number of aliphatic hydroxyl groups is 1. The van der Waals surface area contributed by atoms with Crippen LogP contribution in [-0.4, -0.2) is 71.7 Å². The molecule has 0 aliphatic heterocycles. The zero-order valence-electron chi connectivity index (χ0n) is 19.7. The minimum Gasteiger partial charge on any atom is -0.480 e. The maximum absolute atomic E-state index is 12.1. The number of aliphatic hydroxyl groups excluding tert-OH is 1. The fourth-order valence-electron chi connectivity index (χ4n) is 2.82. The van der Waals surface area contributed by atoms with Gasteiger partial charge in [-0.1, -0.05) is 25.4 Å². The first-order valence-electron chi connectivity index (χ1n) is 11.0. The van der Waals surface area contributed by atoms with Crippen molar-refractivity contribution in [3.05, 3.63) is 28.3 Å². The molecule has 0 aliphatic rings. The standard InChI is InChI=1S/C14H22ClN3O2.C8H16N2O3/c1-3-18(4-2)6-5-17-14(20)11-8-12(15)13(16)7-10(11)9-19;1-6(11)10-5-3-2-4-7(9)8(12)13/h7-8,19H,3-6,9,16H2,1-2H3,(H,17,20);7H,2-5,9H2,1H3,(H,10,11)(H,12,13)/t;7-/m.0/s1. The summed E-state index contributed by atoms with van der Waals surface area (Å²) in [6.07, 6.45) is 1.93. The van der Waals surface area contributed by atoms with Crippen LogP contribution in [0.1, 0.15) is 56.0 Å². The molecule has 0 aliphatic carbocycles. The van der Waals surface area contributed by atoms with E-state index in [0.29, 0.717) is 47.8 Å². The summed E-state index contributed by atoms with van der Waals surface area (Å²) in [4.78, 5) is 35.0. The van der Waals surface area contributed by atoms with E-state index in [4.69, 9.17) is 28.2 Å². The molecule has 2 amide bonds. The maximum atomic E-state index is 12.1. The molecule has 10 nitrogen and oxygen atoms in total. The van der Waals surface area contributed by atoms with Gasteiger partial charge in [0.25, 0.3) is 5.91 Å². The van der Waals surface area contributed by atoms with E-state index in [1.165, 1.54) is 19.1 Å². The molecule has 188 valence electrons. The SMILES string of the molecule is CC(=O)NCCCC[C@H](N)C(=O)O.CCN(CC)CCNC(=O)c1cc(Cl)c(N)cc1CO. The smallest absolute Gasteiger partial charge is 0.320 e. The Bertz CT molecular complexity index is 759. The molecule has 0 heterocycles. The van der Waals surface area contributed by atoms with E-state index in [9.17, 15) is 19.5 Å². The molecule has 8 N–H and O–H groups in total. The van der Waals surface area contributed by atoms with E-state index >= 15 is 0 Å². The number of nitrogen functional groups attached to an aromatic ring is 1. The van der Waals surface area contributed by atoms with Crippen LogP contribution in [0.25, 0.3) is 0 Å². The number of nitrogens with one attached hydrogen (secondary N) is 2. The van der Waals surface area contributed by atoms with Gasteiger partial charge in [-0.3, -0.25) is 14.4 Å². The number of carbonyl (C=O) groups excluding carboxylic acids is 2. The lowest BCUT2D eigenvalue weighted by Crippen LogP contribution is -2.35. The van der Waals surface area contributed by atoms with Crippen LogP contribution >= 0.6 is 11.6 Å². The first-order chi connectivity index (χ1) is 15.6. The number of likely N-dealkylation sites (N-methyl/N-ethyl adjacent to an activating group) is 1. The molecule has 33 heavy (non-hydrogen) atoms. The molecular weight excluding hydrogens is 450 g/mol. The molecular formula is C22H38ClN5O5. The van der Waals surface area contributed by atoms with Gasteiger partial charge in [0.1, 0.15) is 6.04 Å². The van der Waals surface area contributed by atoms with Crippen molar-refractivity contribution in [2.24, 2.45) is 5.73 Å². The minimum atomic E-state index is -0.973. The van der Waals surface area contributed by atoms with Crippen molar-refractivity contribution >= 4 is 35.1 Å². The minimum absolute atomic E-state index is 0.0671. The lowest BCUT2D eigenvalue weighted by atomic mass is 10.1. The topological polar surface area (TPSA) is 171 Å². The van der Waals surface area contributed by atoms with Gasteiger partial charge in [0.05, 0.1) is 17.3 Å². The number of nitrogens with two attached hydrogens (primary N) is 2. The van der Waals surface area contributed by atoms with Crippen LogP contribution in [0.15, 0.2) is 12.1 Å². The molecule has 0 aromatic heterocycles. The fraction of sp³-hybridized carbons (Fsp3) is 0.591. The van der Waals surface area contributed by atoms with E-state index in [1.807, 2.05) is 0 Å². The molecule has 0 radical (unpaired) electrons. The largest absolute Gasteiger partial charge is 0.480 e. The number of carboxylic acids is 1. The molecule has 1 aromatic carbocycles. The van der Waals surface area contributed by atoms with Gasteiger partial charge in [0.2, 0.25) is 5.91 Å². The van der Waals surface area contributed by atoms with Crippen LogP contribution in [0, 0.1) is 0 Å². The number of benzene rings is 1. The zero-order chi connectivity index (χ0) is 25.4. The molecule has 1 atom stereocenters. The number of amides is 2. The van der Waals surface area contributed by atoms with Gasteiger partial charge in [0, 0.05) is 32.1 Å². The summed E-state index contributed by atoms with van der Waals surface area (Å²) in [7, 11) is 0. The molecule has 0 unspecified atom stereocenters. The molecule has 1 rings (SSSR count). The molecule has 0 fully saturated rings. The predicted molar refractivity (Wildman–Crippen MR) is 130 cm³/mol. The average molecular weight is 488 g/mol. The Morgan fingerprint density at radius 1 is 1.12 bits per heavy atom. The van der Waals surface area contributed by atoms with Gasteiger partial charge in [-0.25, -0.2) is 0 Å². The van der Waals surface area contributed by atoms with Gasteiger partial charge in [-0.15, -0.1) is 0 Å². The van der Waals surface area contributed by atoms with Crippen LogP contribution in [0.3, 0.4) is 0 Å². The van der Waals surface area contributed by atoms with Crippen molar-refractivity contribution in [2.45, 2.75) is 52.7 Å². The van der Waals surface area contributed by atoms with E-state index in [1.54, 1.807) is 0 Å². The van der Waals surface area contributed by atoms with Crippen LogP contribution in [-0.2, 0) is 16.2 Å². The Morgan fingerprint density at radius 3 is 2.27 bits per heavy atom. The number of carbonyl (C=O) groups is 3. The molecule has 0 bridgehead atoms. The number of rotatable bonds is 13. The Hall–Kier alpha value is -2.40. The van der Waals surface area contributed by atoms with E-state index in [-0.39, 0.29) is 18.4 Å². The number of hydrogen-bond donors (Lipinski definition) is 6. The summed E-state index contributed by atoms with van der Waals surface area (Å²) in [5.41, 5.74) is 12.1. The third-order valence-electron chi connectivity index (χ3n) is 4.88. The normalized spacial score (nSPS) is 11.4. The molecule has 0 saturated carbocycles. The Balaban J connectivity index is 0.000000684. The summed E-state index contributed by atoms with van der Waals surface area (Å²) in [5.74, 6) is -1.29. The molecule has 0 spiro atoms. The first-order valence-corrected chi connectivity index (χ1v) is 11.4. The Labute approximate surface area is 200 Å². The highest BCUT2D eigenvalue weighted by atomic mass is 35.5.